The number of hydrogen-bond acceptors (Lipinski definition) is 20. The molecule has 2 saturated heterocycles. The van der Waals surface area contributed by atoms with Crippen LogP contribution in [0.3, 0.4) is 0 Å². The summed E-state index contributed by atoms with van der Waals surface area (Å²) in [5, 5.41) is 63.7. The lowest BCUT2D eigenvalue weighted by atomic mass is 10.0. The first kappa shape index (κ1) is 98.2. The highest BCUT2D eigenvalue weighted by molar-refractivity contribution is 6.02. The van der Waals surface area contributed by atoms with Gasteiger partial charge in [-0.1, -0.05) is 139 Å². The standard InChI is InChI=1S/C80H124N20O19/c1-5-7-9-10-11-12-13-14-15-16-20-33-64(106)89-44-66(108)98-67(46(3)101)77(117)97-59(41-62(81)104)74(114)95-60(42-63(82)105)75(115)99-68(47(4)102)78(118)92-54(29-8-6-2)70(110)93-56-34-35-65(107)86-36-24-23-31-53(69(83)109)90-73(113)58(39-49-43-88-52-30-22-21-28-51(49)52)94-71(111)55(32-25-37-87-80(84)85)91-72(112)57(38-48-26-18-17-19-27-48)96-76(116)61-40-50(103)45-100(61)79(56)119/h17-19,21-22,26-28,30,43,46-47,50,53-61,67-68,88,101-103H,5-16,20,23-25,29,31-42,44-45H2,1-4H3,(H2,81,104)(H2,82,105)(H2,83,109)(H,86,107)(H,89,106)(H,90,113)(H,91,112)(H,92,118)(H,93,110)(H,94,111)(H,95,114)(H,96,116)(H,97,117)(H,98,108)(H,99,115)(H4,84,85,87)/t46?,47?,50-,53+,54+,55+,56+,57-,58+,59+,60+,61+,67+,68+/m1/s1. The number of amides is 16. The van der Waals surface area contributed by atoms with Crippen molar-refractivity contribution in [2.75, 3.05) is 26.2 Å². The van der Waals surface area contributed by atoms with Crippen LogP contribution in [0.4, 0.5) is 0 Å². The van der Waals surface area contributed by atoms with Gasteiger partial charge in [0.1, 0.15) is 66.5 Å². The molecule has 16 amide bonds. The molecule has 1 aromatic heterocycles. The first-order valence-corrected chi connectivity index (χ1v) is 41.1. The Balaban J connectivity index is 1.38. The number of unbranched alkanes of at least 4 members (excludes halogenated alkanes) is 11. The van der Waals surface area contributed by atoms with E-state index in [4.69, 9.17) is 28.7 Å². The van der Waals surface area contributed by atoms with Gasteiger partial charge in [-0.3, -0.25) is 81.7 Å². The van der Waals surface area contributed by atoms with Crippen LogP contribution >= 0.6 is 0 Å². The molecule has 39 nitrogen and oxygen atoms in total. The zero-order chi connectivity index (χ0) is 87.7. The second-order valence-electron chi connectivity index (χ2n) is 30.4. The van der Waals surface area contributed by atoms with Crippen LogP contribution in [-0.4, -0.2) is 237 Å². The highest BCUT2D eigenvalue weighted by atomic mass is 16.3. The molecule has 0 saturated carbocycles. The number of benzene rings is 2. The van der Waals surface area contributed by atoms with Gasteiger partial charge in [0, 0.05) is 68.8 Å². The number of primary amides is 3. The summed E-state index contributed by atoms with van der Waals surface area (Å²) in [6.45, 7) is 4.90. The second-order valence-corrected chi connectivity index (χ2v) is 30.4. The SMILES string of the molecule is CCCCCCCCCCCCCC(=O)NCC(=O)N[C@H](C(=O)N[C@@H](CC(N)=O)C(=O)N[C@@H](CC(N)=O)C(=O)N[C@H](C(=O)N[C@@H](CCCC)C(=O)N[C@H]1CCC(=O)NCCCC[C@@H](C(N)=O)NC(=O)[C@H](Cc2c[nH]c3ccccc23)NC(=O)[C@H](CCCN=C(N)N)NC(=O)[C@@H](Cc2ccccc2)NC(=O)[C@@H]2C[C@@H](O)CN2C1=O)C(C)O)C(C)O. The fraction of sp³-hybridized carbons (Fsp3) is 0.613. The Hall–Kier alpha value is -11.3. The van der Waals surface area contributed by atoms with Crippen molar-refractivity contribution in [3.8, 4) is 0 Å². The number of para-hydroxylation sites is 1. The monoisotopic (exact) mass is 1670 g/mol. The van der Waals surface area contributed by atoms with E-state index in [1.165, 1.54) is 32.1 Å². The Bertz CT molecular complexity index is 3930. The van der Waals surface area contributed by atoms with E-state index >= 15 is 4.79 Å². The number of hydrogen-bond donors (Lipinski definition) is 21. The molecule has 2 fully saturated rings. The van der Waals surface area contributed by atoms with Gasteiger partial charge < -0.3 is 118 Å². The normalized spacial score (nSPS) is 20.3. The predicted octanol–water partition coefficient (Wildman–Crippen LogP) is -3.10. The molecule has 5 rings (SSSR count). The molecule has 0 aliphatic carbocycles. The minimum absolute atomic E-state index is 0.0175. The molecule has 2 unspecified atom stereocenters. The van der Waals surface area contributed by atoms with E-state index in [0.29, 0.717) is 34.9 Å². The number of H-pyrrole nitrogens is 1. The molecule has 14 atom stereocenters. The maximum atomic E-state index is 15.3. The molecule has 2 aliphatic rings. The molecular formula is C80H124N20O19. The molecule has 26 N–H and O–H groups in total. The van der Waals surface area contributed by atoms with Gasteiger partial charge in [0.2, 0.25) is 94.5 Å². The number of nitrogens with zero attached hydrogens (tertiary/aromatic N) is 2. The molecule has 0 spiro atoms. The summed E-state index contributed by atoms with van der Waals surface area (Å²) in [6, 6.07) is -3.04. The zero-order valence-corrected chi connectivity index (χ0v) is 68.4. The minimum Gasteiger partial charge on any atom is -0.391 e. The molecule has 119 heavy (non-hydrogen) atoms. The smallest absolute Gasteiger partial charge is 0.245 e. The van der Waals surface area contributed by atoms with Crippen LogP contribution in [0.25, 0.3) is 10.9 Å². The van der Waals surface area contributed by atoms with Gasteiger partial charge in [0.05, 0.1) is 37.7 Å². The van der Waals surface area contributed by atoms with E-state index in [1.54, 1.807) is 61.7 Å². The topological polar surface area (TPSA) is 640 Å². The lowest BCUT2D eigenvalue weighted by Crippen LogP contribution is -2.62. The van der Waals surface area contributed by atoms with Gasteiger partial charge in [-0.15, -0.1) is 0 Å². The Morgan fingerprint density at radius 1 is 0.571 bits per heavy atom. The first-order valence-electron chi connectivity index (χ1n) is 41.1. The van der Waals surface area contributed by atoms with Gasteiger partial charge in [0.25, 0.3) is 0 Å². The van der Waals surface area contributed by atoms with E-state index in [0.717, 1.165) is 50.9 Å². The summed E-state index contributed by atoms with van der Waals surface area (Å²) in [4.78, 5) is 231. The Labute approximate surface area is 691 Å². The molecule has 39 heteroatoms. The summed E-state index contributed by atoms with van der Waals surface area (Å²) >= 11 is 0. The summed E-state index contributed by atoms with van der Waals surface area (Å²) in [6.07, 6.45) is 5.48. The lowest BCUT2D eigenvalue weighted by molar-refractivity contribution is -0.143. The number of rotatable bonds is 43. The average molecular weight is 1670 g/mol. The number of guanidine groups is 1. The Morgan fingerprint density at radius 2 is 1.12 bits per heavy atom. The molecule has 2 aromatic carbocycles. The van der Waals surface area contributed by atoms with Crippen LogP contribution in [0.1, 0.15) is 199 Å². The van der Waals surface area contributed by atoms with Crippen LogP contribution in [0.2, 0.25) is 0 Å². The largest absolute Gasteiger partial charge is 0.391 e. The van der Waals surface area contributed by atoms with Crippen molar-refractivity contribution in [3.05, 3.63) is 71.9 Å². The van der Waals surface area contributed by atoms with E-state index in [9.17, 15) is 87.2 Å². The highest BCUT2D eigenvalue weighted by Gasteiger charge is 2.44. The quantitative estimate of drug-likeness (QED) is 0.0152. The van der Waals surface area contributed by atoms with Gasteiger partial charge in [-0.05, 0) is 82.4 Å². The van der Waals surface area contributed by atoms with E-state index in [2.05, 4.69) is 80.7 Å². The molecule has 658 valence electrons. The molecule has 0 radical (unpaired) electrons. The number of nitrogens with one attached hydrogen (secondary N) is 13. The number of nitrogens with two attached hydrogens (primary N) is 5. The van der Waals surface area contributed by atoms with Crippen LogP contribution in [-0.2, 0) is 89.6 Å². The average Bonchev–Trinajstić information content (AvgIpc) is 1.70. The lowest BCUT2D eigenvalue weighted by Gasteiger charge is -2.31. The summed E-state index contributed by atoms with van der Waals surface area (Å²) in [7, 11) is 0. The third-order valence-corrected chi connectivity index (χ3v) is 20.4. The molecule has 3 heterocycles. The van der Waals surface area contributed by atoms with Crippen LogP contribution in [0.15, 0.2) is 65.8 Å². The number of carbonyl (C=O) groups is 16. The van der Waals surface area contributed by atoms with Gasteiger partial charge in [-0.25, -0.2) is 0 Å². The minimum atomic E-state index is -2.05. The fourth-order valence-corrected chi connectivity index (χ4v) is 13.8. The van der Waals surface area contributed by atoms with Crippen molar-refractivity contribution in [1.82, 2.24) is 73.7 Å². The number of fused-ring (bicyclic) bond motifs is 2. The molecular weight excluding hydrogens is 1550 g/mol. The number of aromatic nitrogens is 1. The predicted molar refractivity (Wildman–Crippen MR) is 437 cm³/mol. The van der Waals surface area contributed by atoms with E-state index in [-0.39, 0.29) is 83.3 Å². The molecule has 0 bridgehead atoms. The van der Waals surface area contributed by atoms with Gasteiger partial charge in [0.15, 0.2) is 5.96 Å². The third kappa shape index (κ3) is 35.0. The molecule has 2 aliphatic heterocycles. The fourth-order valence-electron chi connectivity index (χ4n) is 13.8. The third-order valence-electron chi connectivity index (χ3n) is 20.4. The zero-order valence-electron chi connectivity index (χ0n) is 68.4. The Morgan fingerprint density at radius 3 is 1.73 bits per heavy atom. The summed E-state index contributed by atoms with van der Waals surface area (Å²) in [5.41, 5.74) is 29.9. The van der Waals surface area contributed by atoms with Crippen molar-refractivity contribution in [1.29, 1.82) is 0 Å². The number of aliphatic imine (C=N–C) groups is 1. The number of carbonyl (C=O) groups excluding carboxylic acids is 16. The highest BCUT2D eigenvalue weighted by Crippen LogP contribution is 2.24. The number of aromatic amines is 1. The van der Waals surface area contributed by atoms with Crippen molar-refractivity contribution in [2.45, 2.75) is 286 Å². The molecule has 3 aromatic rings. The summed E-state index contributed by atoms with van der Waals surface area (Å²) < 4.78 is 0. The number of aliphatic hydroxyl groups excluding tert-OH is 3. The maximum absolute atomic E-state index is 15.3. The maximum Gasteiger partial charge on any atom is 0.245 e. The summed E-state index contributed by atoms with van der Waals surface area (Å²) in [5.74, 6) is -16.6. The van der Waals surface area contributed by atoms with Gasteiger partial charge >= 0.3 is 0 Å². The van der Waals surface area contributed by atoms with E-state index in [1.807, 2.05) is 6.07 Å². The number of aliphatic hydroxyl groups is 3. The van der Waals surface area contributed by atoms with Gasteiger partial charge in [-0.2, -0.15) is 0 Å². The first-order chi connectivity index (χ1) is 56.7. The van der Waals surface area contributed by atoms with Crippen molar-refractivity contribution < 1.29 is 92.0 Å². The van der Waals surface area contributed by atoms with Crippen LogP contribution in [0, 0.1) is 0 Å². The van der Waals surface area contributed by atoms with Crippen molar-refractivity contribution in [2.24, 2.45) is 33.7 Å². The second kappa shape index (κ2) is 51.8. The van der Waals surface area contributed by atoms with Crippen LogP contribution in [0.5, 0.6) is 0 Å². The van der Waals surface area contributed by atoms with Crippen molar-refractivity contribution >= 4 is 111 Å². The van der Waals surface area contributed by atoms with Crippen LogP contribution < -0.4 is 92.5 Å². The Kier molecular flexibility index (Phi) is 42.7. The van der Waals surface area contributed by atoms with E-state index < -0.39 is 224 Å². The van der Waals surface area contributed by atoms with Crippen molar-refractivity contribution in [3.63, 3.8) is 0 Å².